The van der Waals surface area contributed by atoms with E-state index in [0.717, 1.165) is 25.7 Å². The number of amides is 1. The second kappa shape index (κ2) is 5.59. The minimum Gasteiger partial charge on any atom is -0.453 e. The van der Waals surface area contributed by atoms with Crippen molar-refractivity contribution in [2.24, 2.45) is 11.8 Å². The van der Waals surface area contributed by atoms with E-state index in [1.807, 2.05) is 13.8 Å². The van der Waals surface area contributed by atoms with Gasteiger partial charge in [-0.1, -0.05) is 46.5 Å². The molecule has 5 heteroatoms. The summed E-state index contributed by atoms with van der Waals surface area (Å²) in [5, 5.41) is 13.2. The first-order chi connectivity index (χ1) is 9.81. The normalized spacial score (nSPS) is 36.0. The second-order valence-electron chi connectivity index (χ2n) is 6.88. The fourth-order valence-corrected chi connectivity index (χ4v) is 3.73. The van der Waals surface area contributed by atoms with Crippen molar-refractivity contribution in [3.8, 4) is 0 Å². The fourth-order valence-electron chi connectivity index (χ4n) is 3.73. The molecule has 5 nitrogen and oxygen atoms in total. The van der Waals surface area contributed by atoms with Crippen molar-refractivity contribution in [1.82, 2.24) is 5.32 Å². The molecule has 2 fully saturated rings. The Morgan fingerprint density at radius 1 is 1.29 bits per heavy atom. The van der Waals surface area contributed by atoms with Crippen LogP contribution in [0, 0.1) is 11.8 Å². The lowest BCUT2D eigenvalue weighted by molar-refractivity contribution is -0.238. The van der Waals surface area contributed by atoms with Crippen molar-refractivity contribution in [1.29, 1.82) is 0 Å². The monoisotopic (exact) mass is 297 g/mol. The number of hydrogen-bond donors (Lipinski definition) is 2. The molecule has 0 bridgehead atoms. The standard InChI is InChI=1S/C16H27NO4/c1-5-6-7-8-9-11-13(19)17-16(12(18)10(2)3)14(20)21-15(11,16)4/h10-12,18H,5-9H2,1-4H3,(H,17,19)/t11-,12+,15+,16+/m1/s1. The Kier molecular flexibility index (Phi) is 4.34. The van der Waals surface area contributed by atoms with Gasteiger partial charge in [0.25, 0.3) is 0 Å². The largest absolute Gasteiger partial charge is 0.453 e. The highest BCUT2D eigenvalue weighted by Gasteiger charge is 2.79. The van der Waals surface area contributed by atoms with Crippen LogP contribution in [0.25, 0.3) is 0 Å². The molecule has 4 atom stereocenters. The van der Waals surface area contributed by atoms with E-state index >= 15 is 0 Å². The Morgan fingerprint density at radius 3 is 2.48 bits per heavy atom. The van der Waals surface area contributed by atoms with E-state index in [1.165, 1.54) is 0 Å². The molecule has 0 aromatic rings. The Bertz CT molecular complexity index is 436. The zero-order valence-electron chi connectivity index (χ0n) is 13.4. The van der Waals surface area contributed by atoms with Gasteiger partial charge in [0.2, 0.25) is 11.4 Å². The van der Waals surface area contributed by atoms with Gasteiger partial charge in [-0.3, -0.25) is 4.79 Å². The van der Waals surface area contributed by atoms with Crippen LogP contribution in [-0.2, 0) is 14.3 Å². The zero-order valence-corrected chi connectivity index (χ0v) is 13.4. The van der Waals surface area contributed by atoms with Gasteiger partial charge in [-0.15, -0.1) is 0 Å². The third-order valence-electron chi connectivity index (χ3n) is 5.13. The topological polar surface area (TPSA) is 75.6 Å². The van der Waals surface area contributed by atoms with Crippen LogP contribution in [0.3, 0.4) is 0 Å². The predicted molar refractivity (Wildman–Crippen MR) is 78.5 cm³/mol. The van der Waals surface area contributed by atoms with E-state index in [1.54, 1.807) is 6.92 Å². The SMILES string of the molecule is CCCCCC[C@@H]1C(=O)N[C@@]2([C@@H](O)C(C)C)C(=O)O[C@@]12C. The molecule has 2 aliphatic rings. The quantitative estimate of drug-likeness (QED) is 0.555. The lowest BCUT2D eigenvalue weighted by atomic mass is 9.65. The summed E-state index contributed by atoms with van der Waals surface area (Å²) in [6.07, 6.45) is 4.07. The van der Waals surface area contributed by atoms with E-state index in [9.17, 15) is 14.7 Å². The average molecular weight is 297 g/mol. The molecule has 2 rings (SSSR count). The van der Waals surface area contributed by atoms with Crippen LogP contribution in [0.15, 0.2) is 0 Å². The first-order valence-corrected chi connectivity index (χ1v) is 8.04. The number of aliphatic hydroxyl groups excluding tert-OH is 1. The smallest absolute Gasteiger partial charge is 0.339 e. The number of hydrogen-bond acceptors (Lipinski definition) is 4. The van der Waals surface area contributed by atoms with Gasteiger partial charge in [-0.05, 0) is 19.3 Å². The molecule has 2 N–H and O–H groups in total. The first-order valence-electron chi connectivity index (χ1n) is 8.04. The number of fused-ring (bicyclic) bond motifs is 1. The van der Waals surface area contributed by atoms with Gasteiger partial charge in [0.1, 0.15) is 0 Å². The van der Waals surface area contributed by atoms with E-state index < -0.39 is 23.2 Å². The summed E-state index contributed by atoms with van der Waals surface area (Å²) in [4.78, 5) is 24.4. The van der Waals surface area contributed by atoms with Crippen molar-refractivity contribution in [3.63, 3.8) is 0 Å². The van der Waals surface area contributed by atoms with Crippen LogP contribution in [-0.4, -0.2) is 34.2 Å². The number of nitrogens with one attached hydrogen (secondary N) is 1. The number of esters is 1. The number of unbranched alkanes of at least 4 members (excludes halogenated alkanes) is 3. The third kappa shape index (κ3) is 2.17. The summed E-state index contributed by atoms with van der Waals surface area (Å²) in [7, 11) is 0. The maximum Gasteiger partial charge on any atom is 0.339 e. The average Bonchev–Trinajstić information content (AvgIpc) is 2.59. The summed E-state index contributed by atoms with van der Waals surface area (Å²) in [5.41, 5.74) is -2.18. The molecule has 0 aliphatic carbocycles. The summed E-state index contributed by atoms with van der Waals surface area (Å²) >= 11 is 0. The molecule has 21 heavy (non-hydrogen) atoms. The lowest BCUT2D eigenvalue weighted by Crippen LogP contribution is -2.79. The molecule has 0 spiro atoms. The van der Waals surface area contributed by atoms with Crippen LogP contribution >= 0.6 is 0 Å². The van der Waals surface area contributed by atoms with Crippen LogP contribution in [0.4, 0.5) is 0 Å². The third-order valence-corrected chi connectivity index (χ3v) is 5.13. The zero-order chi connectivity index (χ0) is 15.8. The maximum atomic E-state index is 12.3. The molecule has 120 valence electrons. The van der Waals surface area contributed by atoms with Crippen LogP contribution in [0.2, 0.25) is 0 Å². The van der Waals surface area contributed by atoms with E-state index in [2.05, 4.69) is 12.2 Å². The van der Waals surface area contributed by atoms with Gasteiger partial charge in [0.15, 0.2) is 5.60 Å². The summed E-state index contributed by atoms with van der Waals surface area (Å²) in [5.74, 6) is -1.16. The van der Waals surface area contributed by atoms with Gasteiger partial charge >= 0.3 is 5.97 Å². The number of ether oxygens (including phenoxy) is 1. The Hall–Kier alpha value is -1.10. The maximum absolute atomic E-state index is 12.3. The van der Waals surface area contributed by atoms with Gasteiger partial charge in [-0.25, -0.2) is 4.79 Å². The molecule has 2 heterocycles. The highest BCUT2D eigenvalue weighted by molar-refractivity contribution is 6.01. The fraction of sp³-hybridized carbons (Fsp3) is 0.875. The van der Waals surface area contributed by atoms with Crippen LogP contribution < -0.4 is 5.32 Å². The Morgan fingerprint density at radius 2 is 1.95 bits per heavy atom. The van der Waals surface area contributed by atoms with Crippen molar-refractivity contribution < 1.29 is 19.4 Å². The van der Waals surface area contributed by atoms with Crippen LogP contribution in [0.1, 0.15) is 59.8 Å². The predicted octanol–water partition coefficient (Wildman–Crippen LogP) is 1.77. The number of rotatable bonds is 7. The van der Waals surface area contributed by atoms with Crippen molar-refractivity contribution in [2.75, 3.05) is 0 Å². The van der Waals surface area contributed by atoms with Crippen molar-refractivity contribution in [3.05, 3.63) is 0 Å². The minimum absolute atomic E-state index is 0.128. The molecule has 0 aromatic heterocycles. The van der Waals surface area contributed by atoms with Crippen molar-refractivity contribution >= 4 is 11.9 Å². The summed E-state index contributed by atoms with van der Waals surface area (Å²) < 4.78 is 5.38. The highest BCUT2D eigenvalue weighted by Crippen LogP contribution is 2.52. The van der Waals surface area contributed by atoms with Gasteiger partial charge in [-0.2, -0.15) is 0 Å². The second-order valence-corrected chi connectivity index (χ2v) is 6.88. The summed E-state index contributed by atoms with van der Waals surface area (Å²) in [6, 6.07) is 0. The van der Waals surface area contributed by atoms with Gasteiger partial charge in [0, 0.05) is 0 Å². The Labute approximate surface area is 126 Å². The molecule has 2 aliphatic heterocycles. The van der Waals surface area contributed by atoms with E-state index in [4.69, 9.17) is 4.74 Å². The van der Waals surface area contributed by atoms with Gasteiger partial charge < -0.3 is 15.2 Å². The number of carbonyl (C=O) groups excluding carboxylic acids is 2. The summed E-state index contributed by atoms with van der Waals surface area (Å²) in [6.45, 7) is 7.60. The molecular formula is C16H27NO4. The molecule has 0 aromatic carbocycles. The van der Waals surface area contributed by atoms with E-state index in [0.29, 0.717) is 6.42 Å². The molecule has 0 saturated carbocycles. The molecular weight excluding hydrogens is 270 g/mol. The molecule has 0 radical (unpaired) electrons. The minimum atomic E-state index is -1.26. The Balaban J connectivity index is 2.17. The van der Waals surface area contributed by atoms with Crippen molar-refractivity contribution in [2.45, 2.75) is 77.0 Å². The molecule has 2 saturated heterocycles. The number of aliphatic hydroxyl groups is 1. The molecule has 1 amide bonds. The van der Waals surface area contributed by atoms with Gasteiger partial charge in [0.05, 0.1) is 12.0 Å². The van der Waals surface area contributed by atoms with Crippen LogP contribution in [0.5, 0.6) is 0 Å². The lowest BCUT2D eigenvalue weighted by Gasteiger charge is -2.54. The highest BCUT2D eigenvalue weighted by atomic mass is 16.6. The first kappa shape index (κ1) is 16.3. The van der Waals surface area contributed by atoms with E-state index in [-0.39, 0.29) is 17.7 Å². The number of carbonyl (C=O) groups is 2. The molecule has 0 unspecified atom stereocenters.